The molecule has 21 heavy (non-hydrogen) atoms. The predicted octanol–water partition coefficient (Wildman–Crippen LogP) is -2.50. The van der Waals surface area contributed by atoms with Crippen LogP contribution >= 0.6 is 0 Å². The Bertz CT molecular complexity index is 561. The summed E-state index contributed by atoms with van der Waals surface area (Å²) < 4.78 is 0. The minimum Gasteiger partial charge on any atom is -0.479 e. The molecular formula is C14H14O7. The summed E-state index contributed by atoms with van der Waals surface area (Å²) in [5.41, 5.74) is 0. The van der Waals surface area contributed by atoms with Crippen molar-refractivity contribution < 1.29 is 35.1 Å². The number of carbonyl (C=O) groups is 2. The number of hydrogen-bond donors (Lipinski definition) is 5. The van der Waals surface area contributed by atoms with Gasteiger partial charge in [0.25, 0.3) is 0 Å². The molecule has 0 fully saturated rings. The fourth-order valence-electron chi connectivity index (χ4n) is 1.12. The van der Waals surface area contributed by atoms with Crippen LogP contribution < -0.4 is 0 Å². The Kier molecular flexibility index (Phi) is 8.48. The molecule has 7 heteroatoms. The maximum Gasteiger partial charge on any atom is 0.335 e. The summed E-state index contributed by atoms with van der Waals surface area (Å²) >= 11 is 0. The molecular weight excluding hydrogens is 280 g/mol. The average molecular weight is 294 g/mol. The summed E-state index contributed by atoms with van der Waals surface area (Å²) in [5.74, 6) is 11.4. The number of rotatable bonds is 6. The Morgan fingerprint density at radius 3 is 1.95 bits per heavy atom. The molecule has 5 N–H and O–H groups in total. The van der Waals surface area contributed by atoms with Crippen molar-refractivity contribution in [1.29, 1.82) is 0 Å². The van der Waals surface area contributed by atoms with Gasteiger partial charge in [-0.15, -0.1) is 0 Å². The molecule has 0 aromatic carbocycles. The Morgan fingerprint density at radius 1 is 0.905 bits per heavy atom. The normalized spacial score (nSPS) is 14.7. The van der Waals surface area contributed by atoms with Crippen molar-refractivity contribution in [2.24, 2.45) is 0 Å². The number of carboxylic acid groups (broad SMARTS) is 1. The van der Waals surface area contributed by atoms with Gasteiger partial charge in [0.15, 0.2) is 11.9 Å². The number of aliphatic hydroxyl groups excluding tert-OH is 4. The zero-order valence-corrected chi connectivity index (χ0v) is 11.1. The number of carboxylic acids is 1. The second kappa shape index (κ2) is 9.55. The van der Waals surface area contributed by atoms with Crippen LogP contribution in [-0.4, -0.2) is 61.7 Å². The van der Waals surface area contributed by atoms with E-state index in [1.54, 1.807) is 6.92 Å². The number of aliphatic carboxylic acids is 1. The van der Waals surface area contributed by atoms with E-state index in [-0.39, 0.29) is 0 Å². The van der Waals surface area contributed by atoms with Crippen LogP contribution in [0.4, 0.5) is 0 Å². The van der Waals surface area contributed by atoms with Crippen LogP contribution in [0, 0.1) is 35.5 Å². The van der Waals surface area contributed by atoms with E-state index in [0.29, 0.717) is 0 Å². The number of hydrogen-bond acceptors (Lipinski definition) is 6. The molecule has 0 aromatic heterocycles. The smallest absolute Gasteiger partial charge is 0.335 e. The van der Waals surface area contributed by atoms with Crippen LogP contribution in [0.5, 0.6) is 0 Å². The third-order valence-corrected chi connectivity index (χ3v) is 2.24. The Hall–Kier alpha value is -2.34. The van der Waals surface area contributed by atoms with Crippen molar-refractivity contribution in [3.8, 4) is 35.5 Å². The SMILES string of the molecule is CC#CC#CC#CCC(=O)[C@@H](O)[C@H](O)[C@@H](O)[C@@H](O)C(=O)O. The summed E-state index contributed by atoms with van der Waals surface area (Å²) in [7, 11) is 0. The molecule has 0 saturated carbocycles. The molecule has 0 aromatic rings. The standard InChI is InChI=1S/C14H14O7/c1-2-3-4-5-6-7-8-9(15)10(16)11(17)12(18)13(19)14(20)21/h10-13,16-19H,8H2,1H3,(H,20,21)/t10-,11+,12-,13-/m1/s1. The summed E-state index contributed by atoms with van der Waals surface area (Å²) in [5, 5.41) is 45.6. The fourth-order valence-corrected chi connectivity index (χ4v) is 1.12. The van der Waals surface area contributed by atoms with Gasteiger partial charge in [0, 0.05) is 0 Å². The minimum absolute atomic E-state index is 0.470. The Balaban J connectivity index is 4.60. The van der Waals surface area contributed by atoms with Crippen LogP contribution in [0.15, 0.2) is 0 Å². The van der Waals surface area contributed by atoms with E-state index in [9.17, 15) is 24.9 Å². The van der Waals surface area contributed by atoms with Gasteiger partial charge in [-0.1, -0.05) is 11.8 Å². The summed E-state index contributed by atoms with van der Waals surface area (Å²) in [6, 6.07) is 0. The second-order valence-corrected chi connectivity index (χ2v) is 3.78. The third kappa shape index (κ3) is 6.58. The van der Waals surface area contributed by atoms with Crippen molar-refractivity contribution >= 4 is 11.8 Å². The molecule has 0 amide bonds. The molecule has 7 nitrogen and oxygen atoms in total. The molecule has 0 aliphatic carbocycles. The van der Waals surface area contributed by atoms with E-state index in [4.69, 9.17) is 10.2 Å². The zero-order chi connectivity index (χ0) is 16.4. The third-order valence-electron chi connectivity index (χ3n) is 2.24. The first-order chi connectivity index (χ1) is 9.82. The zero-order valence-electron chi connectivity index (χ0n) is 11.1. The fraction of sp³-hybridized carbons (Fsp3) is 0.429. The highest BCUT2D eigenvalue weighted by molar-refractivity contribution is 5.86. The first-order valence-electron chi connectivity index (χ1n) is 5.70. The lowest BCUT2D eigenvalue weighted by molar-refractivity contribution is -0.165. The number of carbonyl (C=O) groups excluding carboxylic acids is 1. The van der Waals surface area contributed by atoms with E-state index >= 15 is 0 Å². The van der Waals surface area contributed by atoms with Crippen LogP contribution in [-0.2, 0) is 9.59 Å². The van der Waals surface area contributed by atoms with Crippen molar-refractivity contribution in [3.05, 3.63) is 0 Å². The lowest BCUT2D eigenvalue weighted by Crippen LogP contribution is -2.49. The molecule has 0 unspecified atom stereocenters. The second-order valence-electron chi connectivity index (χ2n) is 3.78. The molecule has 112 valence electrons. The monoisotopic (exact) mass is 294 g/mol. The summed E-state index contributed by atoms with van der Waals surface area (Å²) in [4.78, 5) is 21.8. The molecule has 0 saturated heterocycles. The topological polar surface area (TPSA) is 135 Å². The molecule has 0 aliphatic heterocycles. The van der Waals surface area contributed by atoms with Crippen LogP contribution in [0.25, 0.3) is 0 Å². The highest BCUT2D eigenvalue weighted by atomic mass is 16.4. The lowest BCUT2D eigenvalue weighted by Gasteiger charge is -2.23. The summed E-state index contributed by atoms with van der Waals surface area (Å²) in [6.45, 7) is 1.58. The van der Waals surface area contributed by atoms with Gasteiger partial charge in [0.1, 0.15) is 18.3 Å². The number of ketones is 1. The Labute approximate surface area is 121 Å². The molecule has 0 rings (SSSR count). The van der Waals surface area contributed by atoms with Gasteiger partial charge in [-0.2, -0.15) is 0 Å². The van der Waals surface area contributed by atoms with Gasteiger partial charge in [-0.25, -0.2) is 4.79 Å². The van der Waals surface area contributed by atoms with Gasteiger partial charge in [-0.3, -0.25) is 4.79 Å². The predicted molar refractivity (Wildman–Crippen MR) is 70.3 cm³/mol. The summed E-state index contributed by atoms with van der Waals surface area (Å²) in [6.07, 6.45) is -9.24. The van der Waals surface area contributed by atoms with Crippen LogP contribution in [0.2, 0.25) is 0 Å². The van der Waals surface area contributed by atoms with Crippen LogP contribution in [0.3, 0.4) is 0 Å². The van der Waals surface area contributed by atoms with E-state index in [1.807, 2.05) is 0 Å². The van der Waals surface area contributed by atoms with Crippen molar-refractivity contribution in [1.82, 2.24) is 0 Å². The molecule has 0 heterocycles. The van der Waals surface area contributed by atoms with Gasteiger partial charge >= 0.3 is 5.97 Å². The van der Waals surface area contributed by atoms with Crippen molar-refractivity contribution in [2.45, 2.75) is 37.8 Å². The molecule has 0 radical (unpaired) electrons. The number of aliphatic hydroxyl groups is 4. The van der Waals surface area contributed by atoms with E-state index in [2.05, 4.69) is 35.5 Å². The van der Waals surface area contributed by atoms with Crippen molar-refractivity contribution in [2.75, 3.05) is 0 Å². The van der Waals surface area contributed by atoms with E-state index in [1.165, 1.54) is 0 Å². The van der Waals surface area contributed by atoms with E-state index < -0.39 is 42.6 Å². The van der Waals surface area contributed by atoms with Crippen molar-refractivity contribution in [3.63, 3.8) is 0 Å². The maximum absolute atomic E-state index is 11.4. The largest absolute Gasteiger partial charge is 0.479 e. The lowest BCUT2D eigenvalue weighted by atomic mass is 9.99. The van der Waals surface area contributed by atoms with Gasteiger partial charge < -0.3 is 25.5 Å². The number of Topliss-reactive ketones (excluding diaryl/α,β-unsaturated/α-hetero) is 1. The average Bonchev–Trinajstić information content (AvgIpc) is 2.47. The first kappa shape index (κ1) is 18.7. The quantitative estimate of drug-likeness (QED) is 0.342. The highest BCUT2D eigenvalue weighted by Gasteiger charge is 2.36. The minimum atomic E-state index is -2.33. The van der Waals surface area contributed by atoms with Gasteiger partial charge in [0.2, 0.25) is 0 Å². The molecule has 4 atom stereocenters. The highest BCUT2D eigenvalue weighted by Crippen LogP contribution is 2.07. The van der Waals surface area contributed by atoms with E-state index in [0.717, 1.165) is 0 Å². The molecule has 0 bridgehead atoms. The molecule has 0 aliphatic rings. The van der Waals surface area contributed by atoms with Crippen LogP contribution in [0.1, 0.15) is 13.3 Å². The first-order valence-corrected chi connectivity index (χ1v) is 5.70. The Morgan fingerprint density at radius 2 is 1.43 bits per heavy atom. The molecule has 0 spiro atoms. The van der Waals surface area contributed by atoms with Gasteiger partial charge in [-0.05, 0) is 30.6 Å². The maximum atomic E-state index is 11.4. The van der Waals surface area contributed by atoms with Gasteiger partial charge in [0.05, 0.1) is 6.42 Å².